The lowest BCUT2D eigenvalue weighted by atomic mass is 10.2. The van der Waals surface area contributed by atoms with Crippen LogP contribution in [0.15, 0.2) is 24.3 Å². The maximum atomic E-state index is 11.3. The molecule has 1 aromatic carbocycles. The Hall–Kier alpha value is -1.99. The molecule has 0 unspecified atom stereocenters. The Labute approximate surface area is 101 Å². The van der Waals surface area contributed by atoms with Crippen LogP contribution < -0.4 is 15.4 Å². The zero-order valence-electron chi connectivity index (χ0n) is 9.82. The minimum absolute atomic E-state index is 0.0731. The number of methoxy groups -OCH3 is 1. The summed E-state index contributed by atoms with van der Waals surface area (Å²) < 4.78 is 5.04. The number of ether oxygens (including phenoxy) is 1. The lowest BCUT2D eigenvalue weighted by Crippen LogP contribution is -2.33. The van der Waals surface area contributed by atoms with E-state index in [0.29, 0.717) is 13.1 Å². The molecule has 0 aliphatic carbocycles. The van der Waals surface area contributed by atoms with Crippen LogP contribution in [0.2, 0.25) is 0 Å². The van der Waals surface area contributed by atoms with Gasteiger partial charge in [-0.3, -0.25) is 10.1 Å². The van der Waals surface area contributed by atoms with E-state index in [-0.39, 0.29) is 12.5 Å². The summed E-state index contributed by atoms with van der Waals surface area (Å²) in [6, 6.07) is 7.54. The Morgan fingerprint density at radius 3 is 2.71 bits per heavy atom. The molecule has 1 aromatic rings. The molecule has 0 fully saturated rings. The second-order valence-corrected chi connectivity index (χ2v) is 3.43. The van der Waals surface area contributed by atoms with Gasteiger partial charge in [-0.25, -0.2) is 0 Å². The molecule has 0 heterocycles. The summed E-state index contributed by atoms with van der Waals surface area (Å²) in [6.07, 6.45) is 5.05. The molecular formula is C13H16N2O2. The Balaban J connectivity index is 2.29. The van der Waals surface area contributed by atoms with Gasteiger partial charge in [-0.1, -0.05) is 18.1 Å². The van der Waals surface area contributed by atoms with E-state index in [1.54, 1.807) is 7.11 Å². The van der Waals surface area contributed by atoms with Gasteiger partial charge in [0.15, 0.2) is 0 Å². The largest absolute Gasteiger partial charge is 0.497 e. The average Bonchev–Trinajstić information content (AvgIpc) is 2.37. The van der Waals surface area contributed by atoms with E-state index in [1.165, 1.54) is 0 Å². The minimum Gasteiger partial charge on any atom is -0.497 e. The Kier molecular flexibility index (Phi) is 5.62. The van der Waals surface area contributed by atoms with E-state index in [2.05, 4.69) is 16.6 Å². The summed E-state index contributed by atoms with van der Waals surface area (Å²) in [5.74, 6) is 3.13. The van der Waals surface area contributed by atoms with Crippen molar-refractivity contribution in [2.24, 2.45) is 0 Å². The number of terminal acetylenes is 1. The summed E-state index contributed by atoms with van der Waals surface area (Å²) in [5, 5.41) is 5.61. The first-order valence-corrected chi connectivity index (χ1v) is 5.30. The van der Waals surface area contributed by atoms with Gasteiger partial charge in [0, 0.05) is 6.54 Å². The number of nitrogens with one attached hydrogen (secondary N) is 2. The molecule has 0 saturated carbocycles. The molecule has 0 aliphatic heterocycles. The smallest absolute Gasteiger partial charge is 0.234 e. The van der Waals surface area contributed by atoms with Crippen molar-refractivity contribution in [3.05, 3.63) is 29.8 Å². The van der Waals surface area contributed by atoms with Crippen LogP contribution in [0.3, 0.4) is 0 Å². The number of amides is 1. The van der Waals surface area contributed by atoms with Gasteiger partial charge in [-0.15, -0.1) is 6.42 Å². The SMILES string of the molecule is C#CCNCC(=O)NCc1ccc(OC)cc1. The Morgan fingerprint density at radius 2 is 2.12 bits per heavy atom. The highest BCUT2D eigenvalue weighted by Gasteiger charge is 2.00. The van der Waals surface area contributed by atoms with E-state index in [1.807, 2.05) is 24.3 Å². The number of hydrogen-bond donors (Lipinski definition) is 2. The summed E-state index contributed by atoms with van der Waals surface area (Å²) in [5.41, 5.74) is 1.02. The summed E-state index contributed by atoms with van der Waals surface area (Å²) in [6.45, 7) is 1.14. The van der Waals surface area contributed by atoms with Gasteiger partial charge in [0.1, 0.15) is 5.75 Å². The molecule has 2 N–H and O–H groups in total. The molecule has 4 heteroatoms. The first kappa shape index (κ1) is 13.1. The first-order chi connectivity index (χ1) is 8.26. The van der Waals surface area contributed by atoms with Crippen LogP contribution in [-0.2, 0) is 11.3 Å². The monoisotopic (exact) mass is 232 g/mol. The number of carbonyl (C=O) groups excluding carboxylic acids is 1. The molecule has 1 rings (SSSR count). The predicted molar refractivity (Wildman–Crippen MR) is 66.5 cm³/mol. The van der Waals surface area contributed by atoms with Gasteiger partial charge >= 0.3 is 0 Å². The zero-order valence-corrected chi connectivity index (χ0v) is 9.82. The van der Waals surface area contributed by atoms with Crippen LogP contribution in [0.5, 0.6) is 5.75 Å². The van der Waals surface area contributed by atoms with E-state index in [0.717, 1.165) is 11.3 Å². The van der Waals surface area contributed by atoms with Crippen molar-refractivity contribution >= 4 is 5.91 Å². The van der Waals surface area contributed by atoms with E-state index < -0.39 is 0 Å². The first-order valence-electron chi connectivity index (χ1n) is 5.30. The average molecular weight is 232 g/mol. The lowest BCUT2D eigenvalue weighted by molar-refractivity contribution is -0.120. The van der Waals surface area contributed by atoms with Crippen molar-refractivity contribution in [2.75, 3.05) is 20.2 Å². The molecule has 17 heavy (non-hydrogen) atoms. The van der Waals surface area contributed by atoms with Crippen LogP contribution in [0.25, 0.3) is 0 Å². The van der Waals surface area contributed by atoms with Crippen molar-refractivity contribution in [1.29, 1.82) is 0 Å². The lowest BCUT2D eigenvalue weighted by Gasteiger charge is -2.06. The third kappa shape index (κ3) is 5.05. The molecule has 0 aromatic heterocycles. The highest BCUT2D eigenvalue weighted by Crippen LogP contribution is 2.10. The maximum Gasteiger partial charge on any atom is 0.234 e. The topological polar surface area (TPSA) is 50.4 Å². The molecule has 0 aliphatic rings. The van der Waals surface area contributed by atoms with Gasteiger partial charge in [-0.2, -0.15) is 0 Å². The fourth-order valence-electron chi connectivity index (χ4n) is 1.25. The van der Waals surface area contributed by atoms with Crippen molar-refractivity contribution in [1.82, 2.24) is 10.6 Å². The second kappa shape index (κ2) is 7.31. The molecular weight excluding hydrogens is 216 g/mol. The van der Waals surface area contributed by atoms with E-state index in [4.69, 9.17) is 11.2 Å². The number of benzene rings is 1. The maximum absolute atomic E-state index is 11.3. The van der Waals surface area contributed by atoms with Gasteiger partial charge in [0.25, 0.3) is 0 Å². The highest BCUT2D eigenvalue weighted by molar-refractivity contribution is 5.77. The van der Waals surface area contributed by atoms with Gasteiger partial charge < -0.3 is 10.1 Å². The van der Waals surface area contributed by atoms with Crippen LogP contribution in [-0.4, -0.2) is 26.1 Å². The molecule has 0 radical (unpaired) electrons. The number of rotatable bonds is 6. The van der Waals surface area contributed by atoms with Crippen LogP contribution >= 0.6 is 0 Å². The number of carbonyl (C=O) groups is 1. The van der Waals surface area contributed by atoms with Gasteiger partial charge in [0.2, 0.25) is 5.91 Å². The van der Waals surface area contributed by atoms with Crippen molar-refractivity contribution in [3.8, 4) is 18.1 Å². The summed E-state index contributed by atoms with van der Waals surface area (Å²) >= 11 is 0. The summed E-state index contributed by atoms with van der Waals surface area (Å²) in [7, 11) is 1.62. The number of hydrogen-bond acceptors (Lipinski definition) is 3. The molecule has 0 atom stereocenters. The fourth-order valence-corrected chi connectivity index (χ4v) is 1.25. The van der Waals surface area contributed by atoms with Crippen molar-refractivity contribution in [3.63, 3.8) is 0 Å². The molecule has 1 amide bonds. The van der Waals surface area contributed by atoms with Crippen molar-refractivity contribution in [2.45, 2.75) is 6.54 Å². The van der Waals surface area contributed by atoms with Gasteiger partial charge in [0.05, 0.1) is 20.2 Å². The Bertz CT molecular complexity index is 393. The zero-order chi connectivity index (χ0) is 12.5. The second-order valence-electron chi connectivity index (χ2n) is 3.43. The molecule has 0 saturated heterocycles. The quantitative estimate of drug-likeness (QED) is 0.556. The third-order valence-corrected chi connectivity index (χ3v) is 2.16. The van der Waals surface area contributed by atoms with Crippen molar-refractivity contribution < 1.29 is 9.53 Å². The molecule has 90 valence electrons. The predicted octanol–water partition coefficient (Wildman–Crippen LogP) is 0.534. The standard InChI is InChI=1S/C13H16N2O2/c1-3-8-14-10-13(16)15-9-11-4-6-12(17-2)7-5-11/h1,4-7,14H,8-10H2,2H3,(H,15,16). The normalized spacial score (nSPS) is 9.41. The van der Waals surface area contributed by atoms with E-state index in [9.17, 15) is 4.79 Å². The highest BCUT2D eigenvalue weighted by atomic mass is 16.5. The molecule has 4 nitrogen and oxygen atoms in total. The van der Waals surface area contributed by atoms with Crippen LogP contribution in [0, 0.1) is 12.3 Å². The van der Waals surface area contributed by atoms with Gasteiger partial charge in [-0.05, 0) is 17.7 Å². The molecule has 0 bridgehead atoms. The Morgan fingerprint density at radius 1 is 1.41 bits per heavy atom. The van der Waals surface area contributed by atoms with E-state index >= 15 is 0 Å². The molecule has 0 spiro atoms. The van der Waals surface area contributed by atoms with Crippen LogP contribution in [0.1, 0.15) is 5.56 Å². The third-order valence-electron chi connectivity index (χ3n) is 2.16. The minimum atomic E-state index is -0.0731. The van der Waals surface area contributed by atoms with Crippen LogP contribution in [0.4, 0.5) is 0 Å². The fraction of sp³-hybridized carbons (Fsp3) is 0.308. The summed E-state index contributed by atoms with van der Waals surface area (Å²) in [4.78, 5) is 11.3.